The van der Waals surface area contributed by atoms with Gasteiger partial charge in [-0.15, -0.1) is 0 Å². The first-order valence-electron chi connectivity index (χ1n) is 8.17. The minimum Gasteiger partial charge on any atom is -0.493 e. The zero-order valence-corrected chi connectivity index (χ0v) is 14.5. The molecular weight excluding hydrogens is 338 g/mol. The van der Waals surface area contributed by atoms with E-state index in [-0.39, 0.29) is 5.92 Å². The fourth-order valence-electron chi connectivity index (χ4n) is 2.61. The first kappa shape index (κ1) is 16.4. The summed E-state index contributed by atoms with van der Waals surface area (Å²) >= 11 is 1.63. The van der Waals surface area contributed by atoms with Crippen LogP contribution >= 0.6 is 11.8 Å². The molecule has 1 aromatic carbocycles. The van der Waals surface area contributed by atoms with Crippen LogP contribution in [0.2, 0.25) is 0 Å². The molecule has 0 radical (unpaired) electrons. The highest BCUT2D eigenvalue weighted by Gasteiger charge is 2.15. The Kier molecular flexibility index (Phi) is 5.15. The number of H-pyrrole nitrogens is 1. The number of rotatable bonds is 6. The lowest BCUT2D eigenvalue weighted by molar-refractivity contribution is -0.131. The summed E-state index contributed by atoms with van der Waals surface area (Å²) in [5.41, 5.74) is 2.98. The maximum Gasteiger partial charge on any atom is 0.166 e. The third-order valence-corrected chi connectivity index (χ3v) is 4.78. The lowest BCUT2D eigenvalue weighted by atomic mass is 10.2. The van der Waals surface area contributed by atoms with E-state index in [9.17, 15) is 0 Å². The predicted molar refractivity (Wildman–Crippen MR) is 95.6 cm³/mol. The van der Waals surface area contributed by atoms with Gasteiger partial charge in [0.15, 0.2) is 5.16 Å². The van der Waals surface area contributed by atoms with E-state index in [1.807, 2.05) is 36.4 Å². The number of aromatic nitrogens is 3. The number of aromatic amines is 1. The number of hydrogen-bond donors (Lipinski definition) is 1. The molecule has 25 heavy (non-hydrogen) atoms. The van der Waals surface area contributed by atoms with E-state index in [1.54, 1.807) is 18.0 Å². The van der Waals surface area contributed by atoms with Crippen LogP contribution in [-0.2, 0) is 15.2 Å². The Hall–Kier alpha value is -2.09. The summed E-state index contributed by atoms with van der Waals surface area (Å²) in [5, 5.41) is 0.894. The number of imidazole rings is 1. The first-order valence-corrected chi connectivity index (χ1v) is 9.16. The first-order chi connectivity index (χ1) is 12.4. The Labute approximate surface area is 149 Å². The van der Waals surface area contributed by atoms with Crippen LogP contribution in [0.4, 0.5) is 0 Å². The standard InChI is InChI=1S/C18H19N3O3S/c1-2-4-17-16(3-1)20-18(21-17)25-11-14-7-15(5-6-19-14)24-10-13-8-22-12-23-9-13/h1-7,13H,8-12H2,(H,20,21). The van der Waals surface area contributed by atoms with Gasteiger partial charge in [-0.05, 0) is 18.2 Å². The van der Waals surface area contributed by atoms with Crippen molar-refractivity contribution in [1.82, 2.24) is 15.0 Å². The van der Waals surface area contributed by atoms with Gasteiger partial charge in [0.1, 0.15) is 12.5 Å². The van der Waals surface area contributed by atoms with Crippen LogP contribution < -0.4 is 4.74 Å². The smallest absolute Gasteiger partial charge is 0.166 e. The van der Waals surface area contributed by atoms with Gasteiger partial charge in [0.2, 0.25) is 0 Å². The summed E-state index contributed by atoms with van der Waals surface area (Å²) in [7, 11) is 0. The van der Waals surface area contributed by atoms with Crippen LogP contribution in [-0.4, -0.2) is 41.6 Å². The van der Waals surface area contributed by atoms with Gasteiger partial charge in [-0.2, -0.15) is 0 Å². The van der Waals surface area contributed by atoms with E-state index in [1.165, 1.54) is 0 Å². The van der Waals surface area contributed by atoms with E-state index in [0.29, 0.717) is 26.6 Å². The second kappa shape index (κ2) is 7.86. The molecule has 1 saturated heterocycles. The van der Waals surface area contributed by atoms with Gasteiger partial charge in [0.25, 0.3) is 0 Å². The molecule has 1 fully saturated rings. The second-order valence-electron chi connectivity index (χ2n) is 5.87. The number of benzene rings is 1. The number of hydrogen-bond acceptors (Lipinski definition) is 6. The fourth-order valence-corrected chi connectivity index (χ4v) is 3.40. The van der Waals surface area contributed by atoms with Crippen LogP contribution in [0.15, 0.2) is 47.8 Å². The van der Waals surface area contributed by atoms with E-state index in [4.69, 9.17) is 14.2 Å². The number of nitrogens with zero attached hydrogens (tertiary/aromatic N) is 2. The van der Waals surface area contributed by atoms with Crippen LogP contribution in [0.3, 0.4) is 0 Å². The molecule has 3 aromatic rings. The monoisotopic (exact) mass is 357 g/mol. The molecule has 130 valence electrons. The molecule has 6 nitrogen and oxygen atoms in total. The second-order valence-corrected chi connectivity index (χ2v) is 6.83. The lowest BCUT2D eigenvalue weighted by Crippen LogP contribution is -2.28. The minimum atomic E-state index is 0.273. The van der Waals surface area contributed by atoms with Crippen LogP contribution in [0.25, 0.3) is 11.0 Å². The largest absolute Gasteiger partial charge is 0.493 e. The van der Waals surface area contributed by atoms with Crippen LogP contribution in [0, 0.1) is 5.92 Å². The summed E-state index contributed by atoms with van der Waals surface area (Å²) in [5.74, 6) is 1.82. The molecule has 3 heterocycles. The third-order valence-electron chi connectivity index (χ3n) is 3.87. The van der Waals surface area contributed by atoms with E-state index < -0.39 is 0 Å². The normalized spacial score (nSPS) is 15.5. The van der Waals surface area contributed by atoms with Gasteiger partial charge in [-0.1, -0.05) is 23.9 Å². The van der Waals surface area contributed by atoms with Crippen molar-refractivity contribution in [2.75, 3.05) is 26.6 Å². The summed E-state index contributed by atoms with van der Waals surface area (Å²) in [6, 6.07) is 11.9. The summed E-state index contributed by atoms with van der Waals surface area (Å²) in [4.78, 5) is 12.3. The molecular formula is C18H19N3O3S. The quantitative estimate of drug-likeness (QED) is 0.683. The zero-order valence-electron chi connectivity index (χ0n) is 13.7. The minimum absolute atomic E-state index is 0.273. The Morgan fingerprint density at radius 1 is 1.20 bits per heavy atom. The highest BCUT2D eigenvalue weighted by molar-refractivity contribution is 7.98. The molecule has 0 atom stereocenters. The van der Waals surface area contributed by atoms with Crippen molar-refractivity contribution in [3.63, 3.8) is 0 Å². The molecule has 0 spiro atoms. The molecule has 4 rings (SSSR count). The maximum atomic E-state index is 5.85. The number of ether oxygens (including phenoxy) is 3. The Balaban J connectivity index is 1.34. The molecule has 1 aliphatic heterocycles. The molecule has 0 unspecified atom stereocenters. The van der Waals surface area contributed by atoms with E-state index in [2.05, 4.69) is 15.0 Å². The Morgan fingerprint density at radius 2 is 2.08 bits per heavy atom. The van der Waals surface area contributed by atoms with Gasteiger partial charge >= 0.3 is 0 Å². The van der Waals surface area contributed by atoms with Crippen molar-refractivity contribution in [1.29, 1.82) is 0 Å². The van der Waals surface area contributed by atoms with Crippen molar-refractivity contribution in [3.05, 3.63) is 48.3 Å². The van der Waals surface area contributed by atoms with Gasteiger partial charge in [-0.3, -0.25) is 4.98 Å². The predicted octanol–water partition coefficient (Wildman–Crippen LogP) is 3.25. The number of fused-ring (bicyclic) bond motifs is 1. The molecule has 0 bridgehead atoms. The Bertz CT molecular complexity index is 800. The average molecular weight is 357 g/mol. The zero-order chi connectivity index (χ0) is 16.9. The fraction of sp³-hybridized carbons (Fsp3) is 0.333. The summed E-state index contributed by atoms with van der Waals surface area (Å²) < 4.78 is 16.4. The van der Waals surface area contributed by atoms with Gasteiger partial charge in [0, 0.05) is 23.9 Å². The van der Waals surface area contributed by atoms with E-state index >= 15 is 0 Å². The number of pyridine rings is 1. The van der Waals surface area contributed by atoms with Crippen LogP contribution in [0.1, 0.15) is 5.69 Å². The summed E-state index contributed by atoms with van der Waals surface area (Å²) in [6.07, 6.45) is 1.78. The molecule has 1 aliphatic rings. The highest BCUT2D eigenvalue weighted by atomic mass is 32.2. The van der Waals surface area contributed by atoms with Crippen molar-refractivity contribution in [2.24, 2.45) is 5.92 Å². The number of thioether (sulfide) groups is 1. The Morgan fingerprint density at radius 3 is 2.96 bits per heavy atom. The van der Waals surface area contributed by atoms with Crippen LogP contribution in [0.5, 0.6) is 5.75 Å². The topological polar surface area (TPSA) is 69.3 Å². The van der Waals surface area contributed by atoms with Crippen molar-refractivity contribution in [2.45, 2.75) is 10.9 Å². The number of nitrogens with one attached hydrogen (secondary N) is 1. The molecule has 1 N–H and O–H groups in total. The van der Waals surface area contributed by atoms with Gasteiger partial charge in [-0.25, -0.2) is 4.98 Å². The van der Waals surface area contributed by atoms with E-state index in [0.717, 1.165) is 33.4 Å². The van der Waals surface area contributed by atoms with Crippen molar-refractivity contribution < 1.29 is 14.2 Å². The number of para-hydroxylation sites is 2. The molecule has 0 amide bonds. The maximum absolute atomic E-state index is 5.85. The molecule has 0 saturated carbocycles. The SMILES string of the molecule is c1ccc2[nH]c(SCc3cc(OCC4COCOC4)ccn3)nc2c1. The lowest BCUT2D eigenvalue weighted by Gasteiger charge is -2.22. The van der Waals surface area contributed by atoms with Crippen molar-refractivity contribution >= 4 is 22.8 Å². The average Bonchev–Trinajstić information content (AvgIpc) is 3.09. The van der Waals surface area contributed by atoms with Gasteiger partial charge < -0.3 is 19.2 Å². The van der Waals surface area contributed by atoms with Crippen molar-refractivity contribution in [3.8, 4) is 5.75 Å². The molecule has 0 aliphatic carbocycles. The van der Waals surface area contributed by atoms with Gasteiger partial charge in [0.05, 0.1) is 36.5 Å². The summed E-state index contributed by atoms with van der Waals surface area (Å²) in [6.45, 7) is 2.33. The third kappa shape index (κ3) is 4.31. The highest BCUT2D eigenvalue weighted by Crippen LogP contribution is 2.23. The molecule has 2 aromatic heterocycles. The molecule has 7 heteroatoms.